The summed E-state index contributed by atoms with van der Waals surface area (Å²) in [5, 5.41) is 0. The fourth-order valence-corrected chi connectivity index (χ4v) is 5.72. The molecule has 1 aromatic heterocycles. The van der Waals surface area contributed by atoms with Gasteiger partial charge in [-0.2, -0.15) is 0 Å². The number of imide groups is 2. The van der Waals surface area contributed by atoms with E-state index >= 15 is 0 Å². The molecule has 1 aromatic carbocycles. The molecule has 4 heterocycles. The number of hydrogen-bond donors (Lipinski definition) is 0. The first-order chi connectivity index (χ1) is 14.3. The highest BCUT2D eigenvalue weighted by Crippen LogP contribution is 2.49. The van der Waals surface area contributed by atoms with E-state index in [-0.39, 0.29) is 17.9 Å². The Hall–Kier alpha value is -3.09. The highest BCUT2D eigenvalue weighted by atomic mass is 16.2. The second-order valence-corrected chi connectivity index (χ2v) is 8.77. The zero-order valence-electron chi connectivity index (χ0n) is 17.8. The fraction of sp³-hybridized carbons (Fsp3) is 0.435. The zero-order valence-corrected chi connectivity index (χ0v) is 17.8. The molecule has 5 rings (SSSR count). The number of hydrogen-bond acceptors (Lipinski definition) is 4. The highest BCUT2D eigenvalue weighted by molar-refractivity contribution is 6.20. The highest BCUT2D eigenvalue weighted by Gasteiger charge is 2.63. The number of nitrogens with zero attached hydrogens (tertiary/aromatic N) is 4. The van der Waals surface area contributed by atoms with E-state index in [9.17, 15) is 14.4 Å². The molecule has 0 N–H and O–H groups in total. The summed E-state index contributed by atoms with van der Waals surface area (Å²) >= 11 is 0. The van der Waals surface area contributed by atoms with Crippen LogP contribution < -0.4 is 4.90 Å². The van der Waals surface area contributed by atoms with Gasteiger partial charge in [-0.1, -0.05) is 0 Å². The van der Waals surface area contributed by atoms with Crippen molar-refractivity contribution < 1.29 is 14.4 Å². The van der Waals surface area contributed by atoms with Gasteiger partial charge in [0.15, 0.2) is 5.41 Å². The Kier molecular flexibility index (Phi) is 3.91. The van der Waals surface area contributed by atoms with Crippen LogP contribution in [0.1, 0.15) is 29.8 Å². The molecule has 3 aliphatic rings. The molecule has 1 atom stereocenters. The van der Waals surface area contributed by atoms with Crippen molar-refractivity contribution in [3.8, 4) is 5.69 Å². The van der Waals surface area contributed by atoms with Crippen molar-refractivity contribution in [1.29, 1.82) is 0 Å². The number of carbonyl (C=O) groups excluding carboxylic acids is 3. The minimum atomic E-state index is -1.25. The summed E-state index contributed by atoms with van der Waals surface area (Å²) in [5.41, 5.74) is 4.11. The maximum atomic E-state index is 13.5. The van der Waals surface area contributed by atoms with Crippen molar-refractivity contribution >= 4 is 23.5 Å². The van der Waals surface area contributed by atoms with Crippen LogP contribution in [0.2, 0.25) is 0 Å². The first-order valence-corrected chi connectivity index (χ1v) is 10.4. The second kappa shape index (κ2) is 6.20. The van der Waals surface area contributed by atoms with E-state index in [0.29, 0.717) is 6.42 Å². The van der Waals surface area contributed by atoms with Gasteiger partial charge in [0.2, 0.25) is 11.8 Å². The lowest BCUT2D eigenvalue weighted by molar-refractivity contribution is -0.159. The van der Waals surface area contributed by atoms with Gasteiger partial charge in [-0.15, -0.1) is 0 Å². The molecule has 0 bridgehead atoms. The Bertz CT molecular complexity index is 1060. The normalized spacial score (nSPS) is 22.7. The van der Waals surface area contributed by atoms with Crippen molar-refractivity contribution in [2.45, 2.75) is 39.2 Å². The van der Waals surface area contributed by atoms with E-state index in [1.54, 1.807) is 0 Å². The summed E-state index contributed by atoms with van der Waals surface area (Å²) in [5.74, 6) is -0.756. The number of amides is 4. The summed E-state index contributed by atoms with van der Waals surface area (Å²) < 4.78 is 2.18. The summed E-state index contributed by atoms with van der Waals surface area (Å²) in [7, 11) is 2.96. The Labute approximate surface area is 175 Å². The van der Waals surface area contributed by atoms with Crippen molar-refractivity contribution in [1.82, 2.24) is 14.4 Å². The van der Waals surface area contributed by atoms with Gasteiger partial charge in [-0.25, -0.2) is 4.79 Å². The molecule has 4 amide bonds. The third-order valence-corrected chi connectivity index (χ3v) is 7.14. The van der Waals surface area contributed by atoms with Gasteiger partial charge in [-0.3, -0.25) is 19.4 Å². The van der Waals surface area contributed by atoms with Gasteiger partial charge in [0.25, 0.3) is 0 Å². The molecule has 156 valence electrons. The SMILES string of the molecule is Cc1ccc(C)n1-c1ccc2c(c1)CC1(C(=O)N(C)C(=O)N(C)C1=O)[C@H]1CCCN21. The zero-order chi connectivity index (χ0) is 21.4. The van der Waals surface area contributed by atoms with Gasteiger partial charge in [-0.05, 0) is 69.0 Å². The number of anilines is 1. The molecule has 0 saturated carbocycles. The number of barbiturate groups is 1. The average molecular weight is 406 g/mol. The molecule has 0 aliphatic carbocycles. The average Bonchev–Trinajstić information content (AvgIpc) is 3.36. The number of aromatic nitrogens is 1. The minimum absolute atomic E-state index is 0.219. The molecular weight excluding hydrogens is 380 g/mol. The molecule has 7 heteroatoms. The van der Waals surface area contributed by atoms with Crippen LogP contribution in [0.3, 0.4) is 0 Å². The van der Waals surface area contributed by atoms with Gasteiger partial charge < -0.3 is 9.47 Å². The molecule has 7 nitrogen and oxygen atoms in total. The Morgan fingerprint density at radius 3 is 2.20 bits per heavy atom. The lowest BCUT2D eigenvalue weighted by Gasteiger charge is -2.50. The molecule has 2 saturated heterocycles. The van der Waals surface area contributed by atoms with Gasteiger partial charge in [0.05, 0.1) is 6.04 Å². The van der Waals surface area contributed by atoms with Gasteiger partial charge in [0.1, 0.15) is 0 Å². The molecule has 0 unspecified atom stereocenters. The van der Waals surface area contributed by atoms with E-state index in [0.717, 1.165) is 57.5 Å². The number of urea groups is 1. The molecule has 0 radical (unpaired) electrons. The third-order valence-electron chi connectivity index (χ3n) is 7.14. The third kappa shape index (κ3) is 2.23. The van der Waals surface area contributed by atoms with Crippen LogP contribution in [0, 0.1) is 19.3 Å². The summed E-state index contributed by atoms with van der Waals surface area (Å²) in [6.07, 6.45) is 2.01. The molecule has 30 heavy (non-hydrogen) atoms. The molecule has 1 spiro atoms. The van der Waals surface area contributed by atoms with E-state index in [1.165, 1.54) is 14.1 Å². The molecule has 3 aliphatic heterocycles. The quantitative estimate of drug-likeness (QED) is 0.683. The van der Waals surface area contributed by atoms with Crippen LogP contribution in [0.5, 0.6) is 0 Å². The van der Waals surface area contributed by atoms with E-state index in [1.807, 2.05) is 0 Å². The van der Waals surface area contributed by atoms with E-state index in [2.05, 4.69) is 53.6 Å². The predicted octanol–water partition coefficient (Wildman–Crippen LogP) is 2.66. The second-order valence-electron chi connectivity index (χ2n) is 8.77. The molecular formula is C23H26N4O3. The first-order valence-electron chi connectivity index (χ1n) is 10.4. The number of carbonyl (C=O) groups is 3. The van der Waals surface area contributed by atoms with Crippen LogP contribution in [0.15, 0.2) is 30.3 Å². The Morgan fingerprint density at radius 2 is 1.57 bits per heavy atom. The molecule has 2 aromatic rings. The summed E-state index contributed by atoms with van der Waals surface area (Å²) in [6.45, 7) is 4.94. The summed E-state index contributed by atoms with van der Waals surface area (Å²) in [6, 6.07) is 9.71. The van der Waals surface area contributed by atoms with Crippen LogP contribution in [0.25, 0.3) is 5.69 Å². The lowest BCUT2D eigenvalue weighted by Crippen LogP contribution is -2.70. The molecule has 2 fully saturated rings. The van der Waals surface area contributed by atoms with Crippen LogP contribution in [-0.2, 0) is 16.0 Å². The van der Waals surface area contributed by atoms with Crippen molar-refractivity contribution in [2.75, 3.05) is 25.5 Å². The van der Waals surface area contributed by atoms with Crippen molar-refractivity contribution in [2.24, 2.45) is 5.41 Å². The monoisotopic (exact) mass is 406 g/mol. The first kappa shape index (κ1) is 18.9. The Morgan fingerprint density at radius 1 is 0.933 bits per heavy atom. The van der Waals surface area contributed by atoms with E-state index < -0.39 is 11.4 Å². The fourth-order valence-electron chi connectivity index (χ4n) is 5.72. The Balaban J connectivity index is 1.69. The van der Waals surface area contributed by atoms with Crippen molar-refractivity contribution in [3.05, 3.63) is 47.3 Å². The maximum Gasteiger partial charge on any atom is 0.332 e. The van der Waals surface area contributed by atoms with Crippen LogP contribution in [0.4, 0.5) is 10.5 Å². The maximum absolute atomic E-state index is 13.5. The number of fused-ring (bicyclic) bond motifs is 4. The number of aryl methyl sites for hydroxylation is 2. The topological polar surface area (TPSA) is 65.9 Å². The van der Waals surface area contributed by atoms with Crippen LogP contribution >= 0.6 is 0 Å². The van der Waals surface area contributed by atoms with Gasteiger partial charge in [0, 0.05) is 43.4 Å². The van der Waals surface area contributed by atoms with E-state index in [4.69, 9.17) is 0 Å². The summed E-state index contributed by atoms with van der Waals surface area (Å²) in [4.78, 5) is 43.8. The number of rotatable bonds is 1. The minimum Gasteiger partial charge on any atom is -0.367 e. The predicted molar refractivity (Wildman–Crippen MR) is 113 cm³/mol. The largest absolute Gasteiger partial charge is 0.367 e. The van der Waals surface area contributed by atoms with Crippen molar-refractivity contribution in [3.63, 3.8) is 0 Å². The lowest BCUT2D eigenvalue weighted by atomic mass is 9.68. The van der Waals surface area contributed by atoms with Gasteiger partial charge >= 0.3 is 6.03 Å². The standard InChI is InChI=1S/C23H26N4O3/c1-14-7-8-15(2)27(14)17-9-10-18-16(12-17)13-23(19-6-5-11-26(18)19)20(28)24(3)22(30)25(4)21(23)29/h7-10,12,19H,5-6,11,13H2,1-4H3/t19-/m1/s1. The smallest absolute Gasteiger partial charge is 0.332 e. The van der Waals surface area contributed by atoms with Crippen LogP contribution in [-0.4, -0.2) is 58.9 Å². The number of benzene rings is 1.